The Hall–Kier alpha value is -2.37. The summed E-state index contributed by atoms with van der Waals surface area (Å²) in [6, 6.07) is 7.26. The van der Waals surface area contributed by atoms with E-state index in [1.165, 1.54) is 12.8 Å². The van der Waals surface area contributed by atoms with E-state index >= 15 is 0 Å². The number of carbonyl (C=O) groups excluding carboxylic acids is 3. The van der Waals surface area contributed by atoms with Gasteiger partial charge in [-0.3, -0.25) is 19.3 Å². The number of fused-ring (bicyclic) bond motifs is 1. The maximum atomic E-state index is 12.5. The van der Waals surface area contributed by atoms with E-state index in [2.05, 4.69) is 5.32 Å². The molecule has 1 saturated heterocycles. The number of imide groups is 1. The molecule has 3 aliphatic rings. The first kappa shape index (κ1) is 18.0. The monoisotopic (exact) mass is 370 g/mol. The molecule has 27 heavy (non-hydrogen) atoms. The Kier molecular flexibility index (Phi) is 5.14. The van der Waals surface area contributed by atoms with Crippen molar-refractivity contribution in [2.45, 2.75) is 57.5 Å². The summed E-state index contributed by atoms with van der Waals surface area (Å²) in [4.78, 5) is 38.4. The molecule has 1 heterocycles. The van der Waals surface area contributed by atoms with Gasteiger partial charge in [-0.25, -0.2) is 0 Å². The van der Waals surface area contributed by atoms with Crippen molar-refractivity contribution in [2.24, 2.45) is 11.8 Å². The van der Waals surface area contributed by atoms with Crippen LogP contribution in [0, 0.1) is 11.8 Å². The highest BCUT2D eigenvalue weighted by Crippen LogP contribution is 2.37. The van der Waals surface area contributed by atoms with Crippen molar-refractivity contribution in [3.8, 4) is 5.75 Å². The van der Waals surface area contributed by atoms with Crippen molar-refractivity contribution < 1.29 is 19.1 Å². The second kappa shape index (κ2) is 7.71. The number of carbonyl (C=O) groups is 3. The van der Waals surface area contributed by atoms with E-state index in [4.69, 9.17) is 4.74 Å². The van der Waals surface area contributed by atoms with E-state index < -0.39 is 0 Å². The third-order valence-corrected chi connectivity index (χ3v) is 5.98. The molecule has 6 heteroatoms. The fourth-order valence-electron chi connectivity index (χ4n) is 4.55. The van der Waals surface area contributed by atoms with Crippen molar-refractivity contribution in [2.75, 3.05) is 11.9 Å². The van der Waals surface area contributed by atoms with Gasteiger partial charge in [0, 0.05) is 5.69 Å². The number of rotatable bonds is 5. The Morgan fingerprint density at radius 2 is 1.48 bits per heavy atom. The van der Waals surface area contributed by atoms with Gasteiger partial charge < -0.3 is 10.1 Å². The lowest BCUT2D eigenvalue weighted by Crippen LogP contribution is -2.38. The average molecular weight is 370 g/mol. The van der Waals surface area contributed by atoms with E-state index in [0.29, 0.717) is 11.8 Å². The molecular weight excluding hydrogens is 344 g/mol. The van der Waals surface area contributed by atoms with Crippen LogP contribution in [0.15, 0.2) is 24.3 Å². The van der Waals surface area contributed by atoms with Crippen LogP contribution in [0.25, 0.3) is 0 Å². The van der Waals surface area contributed by atoms with E-state index in [0.717, 1.165) is 49.2 Å². The van der Waals surface area contributed by atoms with E-state index in [1.54, 1.807) is 12.1 Å². The Morgan fingerprint density at radius 1 is 0.926 bits per heavy atom. The summed E-state index contributed by atoms with van der Waals surface area (Å²) in [6.07, 6.45) is 8.40. The van der Waals surface area contributed by atoms with Crippen LogP contribution >= 0.6 is 0 Å². The number of nitrogens with zero attached hydrogens (tertiary/aromatic N) is 1. The van der Waals surface area contributed by atoms with Crippen molar-refractivity contribution >= 4 is 23.4 Å². The van der Waals surface area contributed by atoms with Gasteiger partial charge in [-0.05, 0) is 62.8 Å². The van der Waals surface area contributed by atoms with Crippen LogP contribution in [-0.4, -0.2) is 35.3 Å². The summed E-state index contributed by atoms with van der Waals surface area (Å²) in [5.74, 6) is -0.342. The summed E-state index contributed by atoms with van der Waals surface area (Å²) >= 11 is 0. The van der Waals surface area contributed by atoms with Gasteiger partial charge in [0.2, 0.25) is 17.7 Å². The first-order valence-corrected chi connectivity index (χ1v) is 10.0. The molecule has 1 aromatic carbocycles. The van der Waals surface area contributed by atoms with Gasteiger partial charge in [-0.1, -0.05) is 12.8 Å². The summed E-state index contributed by atoms with van der Waals surface area (Å²) < 4.78 is 5.91. The molecular formula is C21H26N2O4. The van der Waals surface area contributed by atoms with Crippen LogP contribution in [-0.2, 0) is 14.4 Å². The highest BCUT2D eigenvalue weighted by Gasteiger charge is 2.48. The molecule has 2 aliphatic carbocycles. The fourth-order valence-corrected chi connectivity index (χ4v) is 4.55. The zero-order valence-corrected chi connectivity index (χ0v) is 15.5. The third kappa shape index (κ3) is 3.84. The van der Waals surface area contributed by atoms with Gasteiger partial charge in [0.15, 0.2) is 0 Å². The molecule has 2 saturated carbocycles. The number of ether oxygens (including phenoxy) is 1. The second-order valence-corrected chi connectivity index (χ2v) is 7.86. The van der Waals surface area contributed by atoms with Crippen molar-refractivity contribution in [3.63, 3.8) is 0 Å². The number of hydrogen-bond donors (Lipinski definition) is 1. The third-order valence-electron chi connectivity index (χ3n) is 5.98. The van der Waals surface area contributed by atoms with Crippen LogP contribution in [0.1, 0.15) is 51.4 Å². The zero-order valence-electron chi connectivity index (χ0n) is 15.5. The number of benzene rings is 1. The van der Waals surface area contributed by atoms with Gasteiger partial charge in [0.25, 0.3) is 0 Å². The summed E-state index contributed by atoms with van der Waals surface area (Å²) in [6.45, 7) is -0.203. The lowest BCUT2D eigenvalue weighted by molar-refractivity contribution is -0.142. The Morgan fingerprint density at radius 3 is 2.07 bits per heavy atom. The van der Waals surface area contributed by atoms with Crippen molar-refractivity contribution in [3.05, 3.63) is 24.3 Å². The summed E-state index contributed by atoms with van der Waals surface area (Å²) in [5.41, 5.74) is 0.635. The minimum atomic E-state index is -0.347. The number of likely N-dealkylation sites (tertiary alicyclic amines) is 1. The molecule has 0 aromatic heterocycles. The van der Waals surface area contributed by atoms with Gasteiger partial charge in [0.1, 0.15) is 12.3 Å². The van der Waals surface area contributed by atoms with Gasteiger partial charge in [0.05, 0.1) is 17.9 Å². The molecule has 1 aliphatic heterocycles. The molecule has 1 aromatic rings. The van der Waals surface area contributed by atoms with Crippen molar-refractivity contribution in [1.29, 1.82) is 0 Å². The lowest BCUT2D eigenvalue weighted by Gasteiger charge is -2.19. The fraction of sp³-hybridized carbons (Fsp3) is 0.571. The normalized spacial score (nSPS) is 25.6. The van der Waals surface area contributed by atoms with Gasteiger partial charge in [-0.15, -0.1) is 0 Å². The standard InChI is InChI=1S/C21H26N2O4/c24-19(13-23-20(25)17-7-3-4-8-18(17)21(23)26)22-14-9-11-16(12-10-14)27-15-5-1-2-6-15/h9-12,15,17-18H,1-8,13H2,(H,22,24). The van der Waals surface area contributed by atoms with E-state index in [-0.39, 0.29) is 36.1 Å². The molecule has 0 spiro atoms. The Labute approximate surface area is 159 Å². The molecule has 2 atom stereocenters. The molecule has 4 rings (SSSR count). The predicted octanol–water partition coefficient (Wildman–Crippen LogP) is 3.12. The molecule has 0 bridgehead atoms. The lowest BCUT2D eigenvalue weighted by atomic mass is 9.81. The second-order valence-electron chi connectivity index (χ2n) is 7.86. The van der Waals surface area contributed by atoms with Gasteiger partial charge in [-0.2, -0.15) is 0 Å². The highest BCUT2D eigenvalue weighted by molar-refractivity contribution is 6.08. The maximum Gasteiger partial charge on any atom is 0.244 e. The molecule has 6 nitrogen and oxygen atoms in total. The van der Waals surface area contributed by atoms with Crippen molar-refractivity contribution in [1.82, 2.24) is 4.90 Å². The van der Waals surface area contributed by atoms with E-state index in [1.807, 2.05) is 12.1 Å². The molecule has 144 valence electrons. The van der Waals surface area contributed by atoms with Crippen LogP contribution in [0.4, 0.5) is 5.69 Å². The smallest absolute Gasteiger partial charge is 0.244 e. The number of nitrogens with one attached hydrogen (secondary N) is 1. The molecule has 3 fully saturated rings. The minimum absolute atomic E-state index is 0.180. The maximum absolute atomic E-state index is 12.5. The predicted molar refractivity (Wildman–Crippen MR) is 100 cm³/mol. The van der Waals surface area contributed by atoms with Crippen LogP contribution < -0.4 is 10.1 Å². The van der Waals surface area contributed by atoms with Gasteiger partial charge >= 0.3 is 0 Å². The Balaban J connectivity index is 1.32. The van der Waals surface area contributed by atoms with E-state index in [9.17, 15) is 14.4 Å². The minimum Gasteiger partial charge on any atom is -0.490 e. The molecule has 2 unspecified atom stereocenters. The quantitative estimate of drug-likeness (QED) is 0.808. The first-order chi connectivity index (χ1) is 13.1. The number of anilines is 1. The average Bonchev–Trinajstić information content (AvgIpc) is 3.27. The summed E-state index contributed by atoms with van der Waals surface area (Å²) in [5, 5.41) is 2.77. The van der Waals surface area contributed by atoms with Crippen LogP contribution in [0.2, 0.25) is 0 Å². The largest absolute Gasteiger partial charge is 0.490 e. The SMILES string of the molecule is O=C(CN1C(=O)C2CCCCC2C1=O)Nc1ccc(OC2CCCC2)cc1. The van der Waals surface area contributed by atoms with Crippen LogP contribution in [0.5, 0.6) is 5.75 Å². The van der Waals surface area contributed by atoms with Crippen LogP contribution in [0.3, 0.4) is 0 Å². The molecule has 0 radical (unpaired) electrons. The topological polar surface area (TPSA) is 75.7 Å². The summed E-state index contributed by atoms with van der Waals surface area (Å²) in [7, 11) is 0. The zero-order chi connectivity index (χ0) is 18.8. The molecule has 1 N–H and O–H groups in total. The number of amides is 3. The first-order valence-electron chi connectivity index (χ1n) is 10.0. The number of hydrogen-bond acceptors (Lipinski definition) is 4. The molecule has 3 amide bonds. The Bertz CT molecular complexity index is 700. The highest BCUT2D eigenvalue weighted by atomic mass is 16.5.